The van der Waals surface area contributed by atoms with E-state index in [1.54, 1.807) is 31.2 Å². The minimum Gasteiger partial charge on any atom is -0.377 e. The van der Waals surface area contributed by atoms with E-state index >= 15 is 0 Å². The Kier molecular flexibility index (Phi) is 8.12. The second-order valence-electron chi connectivity index (χ2n) is 11.9. The SMILES string of the molecule is CCCCC1=NC2(CC3C[C@@H]3C2)C(=O)N1Cc1ccc(-c2ccccc2S(=O)(=O)Nc2noc(C)c2Cl)c(COCC)c1. The average Bonchev–Trinajstić information content (AvgIpc) is 3.40. The number of nitrogens with one attached hydrogen (secondary N) is 1. The van der Waals surface area contributed by atoms with Crippen molar-refractivity contribution in [3.8, 4) is 11.1 Å². The predicted molar refractivity (Wildman–Crippen MR) is 165 cm³/mol. The number of sulfonamides is 1. The zero-order valence-corrected chi connectivity index (χ0v) is 26.3. The highest BCUT2D eigenvalue weighted by Gasteiger charge is 2.61. The first-order chi connectivity index (χ1) is 20.7. The van der Waals surface area contributed by atoms with Gasteiger partial charge in [0, 0.05) is 18.6 Å². The van der Waals surface area contributed by atoms with Gasteiger partial charge in [-0.25, -0.2) is 8.42 Å². The molecule has 228 valence electrons. The molecule has 1 N–H and O–H groups in total. The number of carbonyl (C=O) groups excluding carboxylic acids is 1. The Morgan fingerprint density at radius 1 is 1.14 bits per heavy atom. The molecule has 3 aliphatic rings. The monoisotopic (exact) mass is 624 g/mol. The zero-order valence-electron chi connectivity index (χ0n) is 24.7. The third kappa shape index (κ3) is 5.72. The lowest BCUT2D eigenvalue weighted by molar-refractivity contribution is -0.131. The highest BCUT2D eigenvalue weighted by atomic mass is 35.5. The summed E-state index contributed by atoms with van der Waals surface area (Å²) in [7, 11) is -4.07. The lowest BCUT2D eigenvalue weighted by atomic mass is 9.93. The number of aryl methyl sites for hydroxylation is 1. The number of nitrogens with zero attached hydrogens (tertiary/aromatic N) is 3. The van der Waals surface area contributed by atoms with Crippen LogP contribution in [0.1, 0.15) is 69.3 Å². The van der Waals surface area contributed by atoms with Gasteiger partial charge in [0.1, 0.15) is 16.4 Å². The fraction of sp³-hybridized carbons (Fsp3) is 0.469. The van der Waals surface area contributed by atoms with Gasteiger partial charge in [-0.3, -0.25) is 19.4 Å². The summed E-state index contributed by atoms with van der Waals surface area (Å²) in [6, 6.07) is 12.7. The van der Waals surface area contributed by atoms with E-state index in [9.17, 15) is 13.2 Å². The van der Waals surface area contributed by atoms with E-state index in [-0.39, 0.29) is 28.3 Å². The number of benzene rings is 2. The summed E-state index contributed by atoms with van der Waals surface area (Å²) >= 11 is 6.19. The maximum atomic E-state index is 13.8. The third-order valence-corrected chi connectivity index (χ3v) is 10.6. The maximum absolute atomic E-state index is 13.8. The Morgan fingerprint density at radius 3 is 2.60 bits per heavy atom. The Morgan fingerprint density at radius 2 is 1.91 bits per heavy atom. The number of halogens is 1. The molecule has 3 aromatic rings. The highest BCUT2D eigenvalue weighted by molar-refractivity contribution is 7.92. The summed E-state index contributed by atoms with van der Waals surface area (Å²) in [6.07, 6.45) is 5.78. The topological polar surface area (TPSA) is 114 Å². The van der Waals surface area contributed by atoms with Crippen molar-refractivity contribution < 1.29 is 22.5 Å². The van der Waals surface area contributed by atoms with Gasteiger partial charge < -0.3 is 9.26 Å². The van der Waals surface area contributed by atoms with Crippen molar-refractivity contribution >= 4 is 39.2 Å². The lowest BCUT2D eigenvalue weighted by Gasteiger charge is -2.24. The standard InChI is InChI=1S/C32H37ClN4O5S/c1-4-6-11-28-34-32(16-22-15-23(22)17-32)31(38)37(28)18-21-12-13-25(24(14-21)19-41-5-2)26-9-7-8-10-27(26)43(39,40)36-30-29(33)20(3)42-35-30/h7-10,12-14,22-23H,4-6,11,15-19H2,1-3H3,(H,35,36)/t22-,23?,32?/m1/s1. The molecule has 0 bridgehead atoms. The van der Waals surface area contributed by atoms with Gasteiger partial charge in [-0.2, -0.15) is 0 Å². The largest absolute Gasteiger partial charge is 0.377 e. The zero-order chi connectivity index (χ0) is 30.4. The van der Waals surface area contributed by atoms with E-state index in [0.717, 1.165) is 54.6 Å². The van der Waals surface area contributed by atoms with Crippen molar-refractivity contribution in [3.63, 3.8) is 0 Å². The van der Waals surface area contributed by atoms with Crippen LogP contribution in [0, 0.1) is 18.8 Å². The summed E-state index contributed by atoms with van der Waals surface area (Å²) in [5, 5.41) is 3.86. The molecule has 0 radical (unpaired) electrons. The van der Waals surface area contributed by atoms with Crippen LogP contribution >= 0.6 is 11.6 Å². The number of aromatic nitrogens is 1. The van der Waals surface area contributed by atoms with Gasteiger partial charge >= 0.3 is 0 Å². The number of unbranched alkanes of at least 4 members (excludes halogenated alkanes) is 1. The number of hydrogen-bond donors (Lipinski definition) is 1. The first-order valence-electron chi connectivity index (χ1n) is 15.0. The quantitative estimate of drug-likeness (QED) is 0.239. The summed E-state index contributed by atoms with van der Waals surface area (Å²) in [4.78, 5) is 20.9. The fourth-order valence-corrected chi connectivity index (χ4v) is 7.89. The fourth-order valence-electron chi connectivity index (χ4n) is 6.49. The molecule has 2 aliphatic carbocycles. The number of rotatable bonds is 12. The van der Waals surface area contributed by atoms with Crippen LogP contribution in [-0.4, -0.2) is 42.4 Å². The average molecular weight is 625 g/mol. The molecule has 2 fully saturated rings. The summed E-state index contributed by atoms with van der Waals surface area (Å²) in [6.45, 7) is 6.87. The number of fused-ring (bicyclic) bond motifs is 1. The van der Waals surface area contributed by atoms with Crippen LogP contribution in [0.5, 0.6) is 0 Å². The number of amidine groups is 1. The molecule has 11 heteroatoms. The molecule has 1 aliphatic heterocycles. The van der Waals surface area contributed by atoms with E-state index in [1.807, 2.05) is 30.0 Å². The van der Waals surface area contributed by atoms with Gasteiger partial charge in [0.2, 0.25) is 5.82 Å². The predicted octanol–water partition coefficient (Wildman–Crippen LogP) is 6.74. The molecule has 2 unspecified atom stereocenters. The molecule has 1 aromatic heterocycles. The summed E-state index contributed by atoms with van der Waals surface area (Å²) < 4.78 is 40.4. The number of aliphatic imine (C=N–C) groups is 1. The van der Waals surface area contributed by atoms with Crippen LogP contribution in [0.25, 0.3) is 11.1 Å². The molecule has 0 saturated heterocycles. The van der Waals surface area contributed by atoms with Crippen molar-refractivity contribution in [2.75, 3.05) is 11.3 Å². The van der Waals surface area contributed by atoms with Crippen LogP contribution in [0.3, 0.4) is 0 Å². The Balaban J connectivity index is 1.32. The van der Waals surface area contributed by atoms with E-state index in [1.165, 1.54) is 6.42 Å². The van der Waals surface area contributed by atoms with Crippen LogP contribution in [-0.2, 0) is 32.7 Å². The third-order valence-electron chi connectivity index (χ3n) is 8.78. The molecular formula is C32H37ClN4O5S. The van der Waals surface area contributed by atoms with Gasteiger partial charge in [-0.05, 0) is 74.1 Å². The molecule has 2 aromatic carbocycles. The first-order valence-corrected chi connectivity index (χ1v) is 16.9. The van der Waals surface area contributed by atoms with Crippen LogP contribution in [0.4, 0.5) is 5.82 Å². The lowest BCUT2D eigenvalue weighted by Crippen LogP contribution is -2.41. The normalized spacial score (nSPS) is 22.7. The van der Waals surface area contributed by atoms with Crippen molar-refractivity contribution in [2.45, 2.75) is 82.9 Å². The molecule has 1 amide bonds. The second-order valence-corrected chi connectivity index (χ2v) is 13.9. The van der Waals surface area contributed by atoms with Crippen LogP contribution in [0.2, 0.25) is 5.02 Å². The Bertz CT molecular complexity index is 1670. The second kappa shape index (κ2) is 11.7. The summed E-state index contributed by atoms with van der Waals surface area (Å²) in [5.41, 5.74) is 2.43. The highest BCUT2D eigenvalue weighted by Crippen LogP contribution is 2.59. The molecular weight excluding hydrogens is 588 g/mol. The van der Waals surface area contributed by atoms with E-state index in [0.29, 0.717) is 36.3 Å². The van der Waals surface area contributed by atoms with Gasteiger partial charge in [0.05, 0.1) is 18.0 Å². The maximum Gasteiger partial charge on any atom is 0.263 e. The number of hydrogen-bond acceptors (Lipinski definition) is 7. The van der Waals surface area contributed by atoms with Crippen molar-refractivity contribution in [2.24, 2.45) is 16.8 Å². The van der Waals surface area contributed by atoms with Crippen LogP contribution in [0.15, 0.2) is 56.9 Å². The molecule has 43 heavy (non-hydrogen) atoms. The van der Waals surface area contributed by atoms with E-state index in [4.69, 9.17) is 25.9 Å². The first kappa shape index (κ1) is 29.8. The number of carbonyl (C=O) groups is 1. The van der Waals surface area contributed by atoms with Gasteiger partial charge in [0.15, 0.2) is 5.76 Å². The van der Waals surface area contributed by atoms with Crippen molar-refractivity contribution in [1.82, 2.24) is 10.1 Å². The number of ether oxygens (including phenoxy) is 1. The van der Waals surface area contributed by atoms with Crippen LogP contribution < -0.4 is 4.72 Å². The van der Waals surface area contributed by atoms with Gasteiger partial charge in [0.25, 0.3) is 15.9 Å². The Hall–Kier alpha value is -3.21. The molecule has 9 nitrogen and oxygen atoms in total. The molecule has 6 rings (SSSR count). The molecule has 1 spiro atoms. The van der Waals surface area contributed by atoms with Gasteiger partial charge in [-0.15, -0.1) is 0 Å². The van der Waals surface area contributed by atoms with Crippen molar-refractivity contribution in [1.29, 1.82) is 0 Å². The smallest absolute Gasteiger partial charge is 0.263 e. The van der Waals surface area contributed by atoms with Crippen molar-refractivity contribution in [3.05, 3.63) is 64.4 Å². The van der Waals surface area contributed by atoms with Gasteiger partial charge in [-0.1, -0.05) is 66.5 Å². The number of anilines is 1. The minimum atomic E-state index is -4.07. The summed E-state index contributed by atoms with van der Waals surface area (Å²) in [5.74, 6) is 2.57. The molecule has 3 atom stereocenters. The molecule has 2 saturated carbocycles. The molecule has 2 heterocycles. The van der Waals surface area contributed by atoms with E-state index < -0.39 is 15.6 Å². The van der Waals surface area contributed by atoms with E-state index in [2.05, 4.69) is 16.8 Å². The minimum absolute atomic E-state index is 0.0629. The number of amides is 1. The Labute approximate surface area is 257 Å².